The zero-order valence-corrected chi connectivity index (χ0v) is 8.97. The Bertz CT molecular complexity index is 197. The molecule has 1 rings (SSSR count). The summed E-state index contributed by atoms with van der Waals surface area (Å²) in [6.07, 6.45) is 5.91. The Morgan fingerprint density at radius 3 is 2.53 bits per heavy atom. The fourth-order valence-corrected chi connectivity index (χ4v) is 1.55. The molecule has 1 aliphatic heterocycles. The van der Waals surface area contributed by atoms with Crippen LogP contribution in [0.1, 0.15) is 44.9 Å². The molecule has 0 aromatic rings. The molecule has 1 fully saturated rings. The number of hydrogen-bond donors (Lipinski definition) is 3. The molecule has 1 aliphatic rings. The minimum atomic E-state index is -0.272. The summed E-state index contributed by atoms with van der Waals surface area (Å²) < 4.78 is 0. The average Bonchev–Trinajstić information content (AvgIpc) is 2.21. The zero-order valence-electron chi connectivity index (χ0n) is 8.97. The zero-order chi connectivity index (χ0) is 10.9. The summed E-state index contributed by atoms with van der Waals surface area (Å²) in [7, 11) is 0. The van der Waals surface area contributed by atoms with Crippen molar-refractivity contribution in [2.75, 3.05) is 6.54 Å². The fraction of sp³-hybridized carbons (Fsp3) is 0.800. The van der Waals surface area contributed by atoms with Gasteiger partial charge < -0.3 is 0 Å². The van der Waals surface area contributed by atoms with Crippen LogP contribution in [0.2, 0.25) is 0 Å². The molecule has 0 spiro atoms. The summed E-state index contributed by atoms with van der Waals surface area (Å²) in [5.74, 6) is -0.250. The van der Waals surface area contributed by atoms with Gasteiger partial charge in [0.1, 0.15) is 5.78 Å². The second-order valence-electron chi connectivity index (χ2n) is 3.83. The first-order valence-electron chi connectivity index (χ1n) is 5.57. The van der Waals surface area contributed by atoms with Gasteiger partial charge in [-0.25, -0.2) is 5.43 Å². The van der Waals surface area contributed by atoms with Gasteiger partial charge in [0, 0.05) is 13.0 Å². The maximum Gasteiger partial charge on any atom is 0.242 e. The highest BCUT2D eigenvalue weighted by Gasteiger charge is 2.08. The Kier molecular flexibility index (Phi) is 5.96. The quantitative estimate of drug-likeness (QED) is 0.510. The van der Waals surface area contributed by atoms with Crippen molar-refractivity contribution >= 4 is 11.7 Å². The number of carbonyl (C=O) groups is 2. The van der Waals surface area contributed by atoms with Gasteiger partial charge in [-0.1, -0.05) is 19.3 Å². The van der Waals surface area contributed by atoms with Crippen LogP contribution in [0.3, 0.4) is 0 Å². The Labute approximate surface area is 89.9 Å². The van der Waals surface area contributed by atoms with Crippen molar-refractivity contribution in [2.24, 2.45) is 0 Å². The van der Waals surface area contributed by atoms with Crippen LogP contribution in [0.25, 0.3) is 0 Å². The van der Waals surface area contributed by atoms with E-state index in [0.29, 0.717) is 6.42 Å². The minimum absolute atomic E-state index is 0.0192. The molecule has 1 saturated heterocycles. The number of rotatable bonds is 0. The topological polar surface area (TPSA) is 70.2 Å². The monoisotopic (exact) mass is 213 g/mol. The molecule has 0 bridgehead atoms. The van der Waals surface area contributed by atoms with Crippen molar-refractivity contribution in [3.05, 3.63) is 0 Å². The van der Waals surface area contributed by atoms with Crippen LogP contribution in [0.4, 0.5) is 0 Å². The average molecular weight is 213 g/mol. The largest absolute Gasteiger partial charge is 0.299 e. The third-order valence-corrected chi connectivity index (χ3v) is 2.41. The number of nitrogens with one attached hydrogen (secondary N) is 3. The van der Waals surface area contributed by atoms with Crippen molar-refractivity contribution in [3.63, 3.8) is 0 Å². The predicted octanol–water partition coefficient (Wildman–Crippen LogP) is 0.425. The Balaban J connectivity index is 2.29. The van der Waals surface area contributed by atoms with Crippen molar-refractivity contribution < 1.29 is 9.59 Å². The molecule has 0 aromatic carbocycles. The van der Waals surface area contributed by atoms with Crippen LogP contribution in [0.5, 0.6) is 0 Å². The van der Waals surface area contributed by atoms with E-state index in [9.17, 15) is 9.59 Å². The molecule has 0 unspecified atom stereocenters. The summed E-state index contributed by atoms with van der Waals surface area (Å²) in [5.41, 5.74) is 7.90. The number of Topliss-reactive ketones (excluding diaryl/α,β-unsaturated/α-hetero) is 1. The van der Waals surface area contributed by atoms with E-state index in [1.54, 1.807) is 0 Å². The Morgan fingerprint density at radius 2 is 1.67 bits per heavy atom. The van der Waals surface area contributed by atoms with Crippen LogP contribution < -0.4 is 16.4 Å². The second kappa shape index (κ2) is 7.36. The van der Waals surface area contributed by atoms with Gasteiger partial charge in [-0.2, -0.15) is 5.53 Å². The molecule has 5 nitrogen and oxygen atoms in total. The van der Waals surface area contributed by atoms with Gasteiger partial charge in [0.15, 0.2) is 0 Å². The first kappa shape index (κ1) is 12.1. The molecule has 5 heteroatoms. The lowest BCUT2D eigenvalue weighted by Crippen LogP contribution is -2.47. The highest BCUT2D eigenvalue weighted by atomic mass is 16.2. The number of amides is 1. The van der Waals surface area contributed by atoms with Gasteiger partial charge >= 0.3 is 0 Å². The van der Waals surface area contributed by atoms with E-state index >= 15 is 0 Å². The lowest BCUT2D eigenvalue weighted by atomic mass is 10.1. The maximum atomic E-state index is 11.3. The molecule has 86 valence electrons. The summed E-state index contributed by atoms with van der Waals surface area (Å²) >= 11 is 0. The summed E-state index contributed by atoms with van der Waals surface area (Å²) in [5, 5.41) is 0. The summed E-state index contributed by atoms with van der Waals surface area (Å²) in [6, 6.07) is 0. The first-order chi connectivity index (χ1) is 7.29. The summed E-state index contributed by atoms with van der Waals surface area (Å²) in [6.45, 7) is 0.828. The van der Waals surface area contributed by atoms with Gasteiger partial charge in [-0.05, 0) is 12.8 Å². The molecule has 0 saturated carbocycles. The molecule has 0 aliphatic carbocycles. The number of ketones is 1. The number of carbonyl (C=O) groups excluding carboxylic acids is 2. The van der Waals surface area contributed by atoms with E-state index in [1.165, 1.54) is 0 Å². The van der Waals surface area contributed by atoms with E-state index in [0.717, 1.165) is 38.6 Å². The maximum absolute atomic E-state index is 11.3. The molecule has 15 heavy (non-hydrogen) atoms. The molecular formula is C10H19N3O2. The minimum Gasteiger partial charge on any atom is -0.299 e. The lowest BCUT2D eigenvalue weighted by Gasteiger charge is -2.07. The van der Waals surface area contributed by atoms with Crippen LogP contribution in [0.15, 0.2) is 0 Å². The van der Waals surface area contributed by atoms with Crippen LogP contribution in [-0.4, -0.2) is 18.2 Å². The third kappa shape index (κ3) is 6.19. The Morgan fingerprint density at radius 1 is 0.933 bits per heavy atom. The van der Waals surface area contributed by atoms with Gasteiger partial charge in [0.05, 0.1) is 6.42 Å². The standard InChI is InChI=1S/C10H19N3O2/c14-9-6-4-2-1-3-5-7-11-13-12-10(15)8-9/h11,13H,1-8H2,(H,12,15). The van der Waals surface area contributed by atoms with Crippen LogP contribution in [0, 0.1) is 0 Å². The highest BCUT2D eigenvalue weighted by molar-refractivity contribution is 5.97. The highest BCUT2D eigenvalue weighted by Crippen LogP contribution is 2.06. The van der Waals surface area contributed by atoms with Crippen molar-refractivity contribution in [1.82, 2.24) is 16.4 Å². The molecule has 0 aromatic heterocycles. The van der Waals surface area contributed by atoms with E-state index < -0.39 is 0 Å². The fourth-order valence-electron chi connectivity index (χ4n) is 1.55. The van der Waals surface area contributed by atoms with E-state index in [-0.39, 0.29) is 18.1 Å². The van der Waals surface area contributed by atoms with E-state index in [1.807, 2.05) is 0 Å². The molecule has 0 atom stereocenters. The number of hydrogen-bond acceptors (Lipinski definition) is 4. The molecule has 1 amide bonds. The van der Waals surface area contributed by atoms with Gasteiger partial charge in [0.25, 0.3) is 0 Å². The van der Waals surface area contributed by atoms with Gasteiger partial charge in [-0.3, -0.25) is 15.0 Å². The van der Waals surface area contributed by atoms with Crippen LogP contribution in [-0.2, 0) is 9.59 Å². The first-order valence-corrected chi connectivity index (χ1v) is 5.57. The third-order valence-electron chi connectivity index (χ3n) is 2.41. The normalized spacial score (nSPS) is 22.1. The van der Waals surface area contributed by atoms with E-state index in [4.69, 9.17) is 0 Å². The van der Waals surface area contributed by atoms with Crippen molar-refractivity contribution in [2.45, 2.75) is 44.9 Å². The lowest BCUT2D eigenvalue weighted by molar-refractivity contribution is -0.129. The molecule has 1 heterocycles. The van der Waals surface area contributed by atoms with E-state index in [2.05, 4.69) is 16.4 Å². The summed E-state index contributed by atoms with van der Waals surface area (Å²) in [4.78, 5) is 22.4. The predicted molar refractivity (Wildman–Crippen MR) is 56.6 cm³/mol. The Hall–Kier alpha value is -0.940. The van der Waals surface area contributed by atoms with Gasteiger partial charge in [0.2, 0.25) is 5.91 Å². The molecular weight excluding hydrogens is 194 g/mol. The van der Waals surface area contributed by atoms with Crippen LogP contribution >= 0.6 is 0 Å². The number of hydrazine groups is 2. The second-order valence-corrected chi connectivity index (χ2v) is 3.83. The van der Waals surface area contributed by atoms with Crippen molar-refractivity contribution in [1.29, 1.82) is 0 Å². The molecule has 0 radical (unpaired) electrons. The SMILES string of the molecule is O=C1CCCCCCCNNNC(=O)C1. The van der Waals surface area contributed by atoms with Crippen molar-refractivity contribution in [3.8, 4) is 0 Å². The van der Waals surface area contributed by atoms with Gasteiger partial charge in [-0.15, -0.1) is 0 Å². The molecule has 3 N–H and O–H groups in total. The smallest absolute Gasteiger partial charge is 0.242 e.